The summed E-state index contributed by atoms with van der Waals surface area (Å²) in [6, 6.07) is 7.39. The molecule has 2 aromatic carbocycles. The third-order valence-electron chi connectivity index (χ3n) is 5.21. The molecule has 0 radical (unpaired) electrons. The van der Waals surface area contributed by atoms with E-state index in [9.17, 15) is 13.2 Å². The zero-order valence-electron chi connectivity index (χ0n) is 18.7. The molecule has 32 heavy (non-hydrogen) atoms. The van der Waals surface area contributed by atoms with Crippen molar-refractivity contribution >= 4 is 34.8 Å². The Labute approximate surface area is 195 Å². The lowest BCUT2D eigenvalue weighted by atomic mass is 10.0. The monoisotopic (exact) mass is 480 g/mol. The third-order valence-corrected chi connectivity index (χ3v) is 6.81. The van der Waals surface area contributed by atoms with Crippen LogP contribution in [0.25, 0.3) is 0 Å². The molecule has 1 heterocycles. The van der Waals surface area contributed by atoms with Crippen molar-refractivity contribution in [2.75, 3.05) is 23.7 Å². The topological polar surface area (TPSA) is 31.4 Å². The highest BCUT2D eigenvalue weighted by Crippen LogP contribution is 2.33. The molecule has 0 atom stereocenters. The minimum Gasteiger partial charge on any atom is -0.381 e. The summed E-state index contributed by atoms with van der Waals surface area (Å²) < 4.78 is 45.5. The van der Waals surface area contributed by atoms with Gasteiger partial charge in [-0.05, 0) is 63.5 Å². The molecule has 3 rings (SSSR count). The van der Waals surface area contributed by atoms with E-state index >= 15 is 0 Å². The van der Waals surface area contributed by atoms with Gasteiger partial charge in [0.05, 0.1) is 5.51 Å². The predicted molar refractivity (Wildman–Crippen MR) is 128 cm³/mol. The van der Waals surface area contributed by atoms with E-state index in [1.807, 2.05) is 13.1 Å². The number of halogens is 3. The highest BCUT2D eigenvalue weighted by Gasteiger charge is 2.20. The van der Waals surface area contributed by atoms with E-state index in [2.05, 4.69) is 36.0 Å². The van der Waals surface area contributed by atoms with Crippen molar-refractivity contribution in [2.24, 2.45) is 0 Å². The predicted octanol–water partition coefficient (Wildman–Crippen LogP) is 6.55. The van der Waals surface area contributed by atoms with Crippen LogP contribution >= 0.6 is 23.3 Å². The lowest BCUT2D eigenvalue weighted by Crippen LogP contribution is -2.37. The molecule has 4 nitrogen and oxygen atoms in total. The van der Waals surface area contributed by atoms with Gasteiger partial charge in [-0.2, -0.15) is 0 Å². The van der Waals surface area contributed by atoms with Gasteiger partial charge in [0.2, 0.25) is 0 Å². The number of nitrogens with one attached hydrogen (secondary N) is 1. The number of benzene rings is 2. The van der Waals surface area contributed by atoms with Crippen molar-refractivity contribution in [1.29, 1.82) is 0 Å². The standard InChI is InChI=1S/C23H27F3N4S2/c1-23(2,3)29(4)12-15-7-6-8-18(24)17(15)11-27-16-9-19(25)22(20(26)10-16)32-30(5)21-13-31-14-28-21/h6-10,13-14,27H,11-12H2,1-5H3. The lowest BCUT2D eigenvalue weighted by molar-refractivity contribution is 0.167. The van der Waals surface area contributed by atoms with Gasteiger partial charge in [-0.15, -0.1) is 11.3 Å². The highest BCUT2D eigenvalue weighted by atomic mass is 32.2. The summed E-state index contributed by atoms with van der Waals surface area (Å²) in [5.74, 6) is -1.12. The molecule has 0 saturated heterocycles. The van der Waals surface area contributed by atoms with Gasteiger partial charge in [-0.3, -0.25) is 9.21 Å². The van der Waals surface area contributed by atoms with Crippen LogP contribution in [0.1, 0.15) is 31.9 Å². The van der Waals surface area contributed by atoms with Crippen LogP contribution in [0.2, 0.25) is 0 Å². The van der Waals surface area contributed by atoms with E-state index < -0.39 is 11.6 Å². The zero-order chi connectivity index (χ0) is 23.5. The van der Waals surface area contributed by atoms with Crippen LogP contribution in [-0.4, -0.2) is 29.5 Å². The quantitative estimate of drug-likeness (QED) is 0.370. The minimum absolute atomic E-state index is 0.0809. The molecule has 0 fully saturated rings. The molecule has 0 spiro atoms. The lowest BCUT2D eigenvalue weighted by Gasteiger charge is -2.32. The Kier molecular flexibility index (Phi) is 7.74. The number of rotatable bonds is 8. The molecule has 1 aromatic heterocycles. The summed E-state index contributed by atoms with van der Waals surface area (Å²) in [6.45, 7) is 6.92. The Morgan fingerprint density at radius 2 is 1.75 bits per heavy atom. The highest BCUT2D eigenvalue weighted by molar-refractivity contribution is 8.00. The first-order valence-electron chi connectivity index (χ1n) is 10.1. The second-order valence-corrected chi connectivity index (χ2v) is 10.3. The van der Waals surface area contributed by atoms with Gasteiger partial charge in [-0.1, -0.05) is 12.1 Å². The maximum Gasteiger partial charge on any atom is 0.149 e. The van der Waals surface area contributed by atoms with E-state index in [0.29, 0.717) is 17.9 Å². The summed E-state index contributed by atoms with van der Waals surface area (Å²) in [7, 11) is 3.67. The number of anilines is 2. The Morgan fingerprint density at radius 3 is 2.34 bits per heavy atom. The Balaban J connectivity index is 1.75. The van der Waals surface area contributed by atoms with Crippen molar-refractivity contribution < 1.29 is 13.2 Å². The third kappa shape index (κ3) is 5.96. The van der Waals surface area contributed by atoms with E-state index in [-0.39, 0.29) is 28.5 Å². The van der Waals surface area contributed by atoms with Gasteiger partial charge in [0.15, 0.2) is 0 Å². The van der Waals surface area contributed by atoms with Crippen LogP contribution in [0.5, 0.6) is 0 Å². The van der Waals surface area contributed by atoms with Gasteiger partial charge >= 0.3 is 0 Å². The van der Waals surface area contributed by atoms with Crippen molar-refractivity contribution in [3.8, 4) is 0 Å². The molecule has 0 saturated carbocycles. The van der Waals surface area contributed by atoms with Gasteiger partial charge < -0.3 is 5.32 Å². The van der Waals surface area contributed by atoms with Gasteiger partial charge in [0.1, 0.15) is 28.2 Å². The van der Waals surface area contributed by atoms with Crippen LogP contribution in [0, 0.1) is 17.5 Å². The zero-order valence-corrected chi connectivity index (χ0v) is 20.4. The molecule has 9 heteroatoms. The van der Waals surface area contributed by atoms with E-state index in [1.165, 1.54) is 29.5 Å². The summed E-state index contributed by atoms with van der Waals surface area (Å²) in [5, 5.41) is 4.77. The fourth-order valence-electron chi connectivity index (χ4n) is 2.93. The maximum atomic E-state index is 14.7. The maximum absolute atomic E-state index is 14.7. The molecule has 0 aliphatic heterocycles. The summed E-state index contributed by atoms with van der Waals surface area (Å²) in [6.07, 6.45) is 0. The molecule has 0 unspecified atom stereocenters. The fourth-order valence-corrected chi connectivity index (χ4v) is 4.32. The minimum atomic E-state index is -0.694. The van der Waals surface area contributed by atoms with E-state index in [1.54, 1.807) is 28.3 Å². The van der Waals surface area contributed by atoms with Crippen LogP contribution in [0.3, 0.4) is 0 Å². The van der Waals surface area contributed by atoms with Crippen LogP contribution in [0.4, 0.5) is 24.7 Å². The number of nitrogens with zero attached hydrogens (tertiary/aromatic N) is 3. The Morgan fingerprint density at radius 1 is 1.06 bits per heavy atom. The number of hydrogen-bond acceptors (Lipinski definition) is 6. The van der Waals surface area contributed by atoms with Crippen LogP contribution in [-0.2, 0) is 13.1 Å². The molecule has 3 aromatic rings. The first-order chi connectivity index (χ1) is 15.1. The van der Waals surface area contributed by atoms with Gasteiger partial charge in [-0.25, -0.2) is 18.2 Å². The fraction of sp³-hybridized carbons (Fsp3) is 0.348. The molecule has 1 N–H and O–H groups in total. The summed E-state index contributed by atoms with van der Waals surface area (Å²) in [5.41, 5.74) is 3.13. The Hall–Kier alpha value is -2.23. The summed E-state index contributed by atoms with van der Waals surface area (Å²) >= 11 is 2.33. The van der Waals surface area contributed by atoms with Crippen molar-refractivity contribution in [3.63, 3.8) is 0 Å². The first-order valence-corrected chi connectivity index (χ1v) is 11.8. The van der Waals surface area contributed by atoms with Crippen LogP contribution < -0.4 is 9.62 Å². The number of hydrogen-bond donors (Lipinski definition) is 1. The molecule has 0 bridgehead atoms. The van der Waals surface area contributed by atoms with Crippen molar-refractivity contribution in [1.82, 2.24) is 9.88 Å². The molecule has 0 aliphatic rings. The summed E-state index contributed by atoms with van der Waals surface area (Å²) in [4.78, 5) is 6.13. The largest absolute Gasteiger partial charge is 0.381 e. The van der Waals surface area contributed by atoms with E-state index in [0.717, 1.165) is 17.5 Å². The molecular weight excluding hydrogens is 453 g/mol. The van der Waals surface area contributed by atoms with Crippen LogP contribution in [0.15, 0.2) is 46.1 Å². The average molecular weight is 481 g/mol. The Bertz CT molecular complexity index is 1030. The second kappa shape index (κ2) is 10.1. The number of aromatic nitrogens is 1. The first kappa shape index (κ1) is 24.4. The number of thiazole rings is 1. The average Bonchev–Trinajstić information content (AvgIpc) is 3.24. The SMILES string of the molecule is CN(Sc1c(F)cc(NCc2c(F)cccc2CN(C)C(C)(C)C)cc1F)c1cscn1. The second-order valence-electron chi connectivity index (χ2n) is 8.46. The van der Waals surface area contributed by atoms with Crippen molar-refractivity contribution in [3.05, 3.63) is 69.8 Å². The molecule has 0 aliphatic carbocycles. The molecule has 0 amide bonds. The molecule has 172 valence electrons. The smallest absolute Gasteiger partial charge is 0.149 e. The van der Waals surface area contributed by atoms with Gasteiger partial charge in [0.25, 0.3) is 0 Å². The van der Waals surface area contributed by atoms with Gasteiger partial charge in [0, 0.05) is 42.3 Å². The van der Waals surface area contributed by atoms with Crippen molar-refractivity contribution in [2.45, 2.75) is 44.3 Å². The van der Waals surface area contributed by atoms with E-state index in [4.69, 9.17) is 0 Å². The molecular formula is C23H27F3N4S2. The normalized spacial score (nSPS) is 11.8.